The third-order valence-electron chi connectivity index (χ3n) is 8.62. The van der Waals surface area contributed by atoms with Gasteiger partial charge in [0, 0.05) is 0 Å². The van der Waals surface area contributed by atoms with Crippen LogP contribution < -0.4 is 5.73 Å². The molecule has 5 atom stereocenters. The average Bonchev–Trinajstić information content (AvgIpc) is 3.54. The zero-order valence-electron chi connectivity index (χ0n) is 27.8. The van der Waals surface area contributed by atoms with Gasteiger partial charge in [0.05, 0.1) is 25.4 Å². The predicted molar refractivity (Wildman–Crippen MR) is 169 cm³/mol. The number of rotatable bonds is 13. The van der Waals surface area contributed by atoms with Crippen molar-refractivity contribution in [1.82, 2.24) is 19.5 Å². The van der Waals surface area contributed by atoms with E-state index in [0.717, 1.165) is 0 Å². The number of carbonyl (C=O) groups is 1. The number of nitrogens with two attached hydrogens (primary N) is 1. The van der Waals surface area contributed by atoms with E-state index in [9.17, 15) is 4.79 Å². The maximum absolute atomic E-state index is 13.5. The highest BCUT2D eigenvalue weighted by Gasteiger charge is 2.64. The number of fused-ring (bicyclic) bond motifs is 2. The molecular formula is C29H48N6O8Si2. The SMILES string of the molecule is CC(=O)C1O[Si](C(C)C)(C(C)C)O[Si](C(C)C)(C(C)C)O[C@H]2[C@@H](OCOCOCCC#N)[C@H](n3cnc4c(N)ncnc43)O[C@H]12. The number of nitriles is 1. The summed E-state index contributed by atoms with van der Waals surface area (Å²) in [4.78, 5) is 26.4. The minimum atomic E-state index is -3.12. The van der Waals surface area contributed by atoms with Crippen LogP contribution in [0, 0.1) is 11.3 Å². The van der Waals surface area contributed by atoms with Crippen molar-refractivity contribution in [3.05, 3.63) is 12.7 Å². The lowest BCUT2D eigenvalue weighted by Crippen LogP contribution is -2.68. The highest BCUT2D eigenvalue weighted by Crippen LogP contribution is 2.50. The van der Waals surface area contributed by atoms with Crippen LogP contribution in [0.2, 0.25) is 22.2 Å². The molecule has 2 fully saturated rings. The van der Waals surface area contributed by atoms with Gasteiger partial charge in [-0.1, -0.05) is 55.4 Å². The number of ketones is 1. The van der Waals surface area contributed by atoms with Crippen molar-refractivity contribution in [2.75, 3.05) is 25.9 Å². The van der Waals surface area contributed by atoms with E-state index in [-0.39, 0.29) is 60.4 Å². The number of nitrogens with zero attached hydrogens (tertiary/aromatic N) is 5. The van der Waals surface area contributed by atoms with E-state index in [2.05, 4.69) is 70.3 Å². The van der Waals surface area contributed by atoms with Crippen LogP contribution in [0.25, 0.3) is 11.2 Å². The van der Waals surface area contributed by atoms with Gasteiger partial charge in [-0.05, 0) is 29.1 Å². The second kappa shape index (κ2) is 14.6. The molecule has 2 aromatic rings. The van der Waals surface area contributed by atoms with Crippen LogP contribution >= 0.6 is 0 Å². The maximum atomic E-state index is 13.5. The molecule has 4 heterocycles. The molecule has 0 bridgehead atoms. The Morgan fingerprint density at radius 2 is 1.62 bits per heavy atom. The molecule has 2 N–H and O–H groups in total. The van der Waals surface area contributed by atoms with E-state index in [4.69, 9.17) is 42.9 Å². The molecule has 14 nitrogen and oxygen atoms in total. The maximum Gasteiger partial charge on any atom is 0.335 e. The Hall–Kier alpha value is -2.34. The Kier molecular flexibility index (Phi) is 11.5. The van der Waals surface area contributed by atoms with Crippen molar-refractivity contribution in [1.29, 1.82) is 5.26 Å². The molecule has 45 heavy (non-hydrogen) atoms. The molecule has 0 radical (unpaired) electrons. The summed E-state index contributed by atoms with van der Waals surface area (Å²) in [5, 5.41) is 8.76. The number of hydrogen-bond donors (Lipinski definition) is 1. The van der Waals surface area contributed by atoms with Crippen LogP contribution in [0.15, 0.2) is 12.7 Å². The van der Waals surface area contributed by atoms with Crippen LogP contribution in [0.3, 0.4) is 0 Å². The van der Waals surface area contributed by atoms with Crippen LogP contribution in [0.4, 0.5) is 5.82 Å². The molecule has 0 spiro atoms. The zero-order chi connectivity index (χ0) is 33.1. The monoisotopic (exact) mass is 664 g/mol. The minimum Gasteiger partial charge on any atom is -0.414 e. The third-order valence-corrected chi connectivity index (χ3v) is 18.9. The molecule has 0 saturated carbocycles. The second-order valence-electron chi connectivity index (χ2n) is 12.9. The lowest BCUT2D eigenvalue weighted by molar-refractivity contribution is -0.174. The van der Waals surface area contributed by atoms with Crippen LogP contribution in [-0.2, 0) is 36.7 Å². The number of imidazole rings is 1. The van der Waals surface area contributed by atoms with Crippen molar-refractivity contribution < 1.29 is 36.7 Å². The second-order valence-corrected chi connectivity index (χ2v) is 21.6. The molecule has 1 unspecified atom stereocenters. The zero-order valence-corrected chi connectivity index (χ0v) is 29.8. The van der Waals surface area contributed by atoms with Gasteiger partial charge in [0.1, 0.15) is 49.8 Å². The predicted octanol–water partition coefficient (Wildman–Crippen LogP) is 4.47. The van der Waals surface area contributed by atoms with Gasteiger partial charge in [0.25, 0.3) is 0 Å². The topological polar surface area (TPSA) is 175 Å². The summed E-state index contributed by atoms with van der Waals surface area (Å²) in [5.41, 5.74) is 7.09. The third kappa shape index (κ3) is 6.87. The van der Waals surface area contributed by atoms with E-state index < -0.39 is 47.8 Å². The first-order valence-electron chi connectivity index (χ1n) is 15.6. The van der Waals surface area contributed by atoms with Crippen molar-refractivity contribution in [2.45, 2.75) is 122 Å². The summed E-state index contributed by atoms with van der Waals surface area (Å²) in [6, 6.07) is 2.03. The van der Waals surface area contributed by atoms with Gasteiger partial charge in [-0.15, -0.1) is 0 Å². The fraction of sp³-hybridized carbons (Fsp3) is 0.759. The smallest absolute Gasteiger partial charge is 0.335 e. The number of hydrogen-bond acceptors (Lipinski definition) is 13. The molecule has 0 aliphatic carbocycles. The van der Waals surface area contributed by atoms with Crippen molar-refractivity contribution >= 4 is 39.9 Å². The molecule has 0 aromatic carbocycles. The van der Waals surface area contributed by atoms with Crippen LogP contribution in [-0.4, -0.2) is 87.0 Å². The lowest BCUT2D eigenvalue weighted by atomic mass is 10.0. The van der Waals surface area contributed by atoms with E-state index in [1.54, 1.807) is 10.9 Å². The van der Waals surface area contributed by atoms with Gasteiger partial charge in [-0.25, -0.2) is 15.0 Å². The number of anilines is 1. The Morgan fingerprint density at radius 3 is 2.22 bits per heavy atom. The summed E-state index contributed by atoms with van der Waals surface area (Å²) in [7, 11) is -6.22. The van der Waals surface area contributed by atoms with Gasteiger partial charge in [0.15, 0.2) is 23.5 Å². The quantitative estimate of drug-likeness (QED) is 0.181. The van der Waals surface area contributed by atoms with Gasteiger partial charge in [0.2, 0.25) is 0 Å². The molecule has 16 heteroatoms. The van der Waals surface area contributed by atoms with Crippen LogP contribution in [0.5, 0.6) is 0 Å². The highest BCUT2D eigenvalue weighted by molar-refractivity contribution is 6.84. The lowest BCUT2D eigenvalue weighted by Gasteiger charge is -2.52. The summed E-state index contributed by atoms with van der Waals surface area (Å²) >= 11 is 0. The normalized spacial score (nSPS) is 26.4. The molecule has 2 saturated heterocycles. The van der Waals surface area contributed by atoms with Gasteiger partial charge >= 0.3 is 17.1 Å². The number of Topliss-reactive ketones (excluding diaryl/α,β-unsaturated/α-hetero) is 1. The fourth-order valence-electron chi connectivity index (χ4n) is 6.34. The average molecular weight is 665 g/mol. The Labute approximate surface area is 267 Å². The molecule has 250 valence electrons. The number of nitrogen functional groups attached to an aromatic ring is 1. The first-order valence-corrected chi connectivity index (χ1v) is 19.5. The van der Waals surface area contributed by atoms with E-state index in [1.807, 2.05) is 6.07 Å². The molecule has 2 aliphatic heterocycles. The van der Waals surface area contributed by atoms with E-state index >= 15 is 0 Å². The number of aromatic nitrogens is 4. The van der Waals surface area contributed by atoms with E-state index in [1.165, 1.54) is 13.3 Å². The molecule has 2 aromatic heterocycles. The van der Waals surface area contributed by atoms with E-state index in [0.29, 0.717) is 11.2 Å². The first kappa shape index (κ1) is 35.5. The minimum absolute atomic E-state index is 0.0276. The largest absolute Gasteiger partial charge is 0.414 e. The Balaban J connectivity index is 1.83. The first-order chi connectivity index (χ1) is 21.3. The summed E-state index contributed by atoms with van der Waals surface area (Å²) < 4.78 is 47.6. The highest BCUT2D eigenvalue weighted by atomic mass is 28.5. The standard InChI is InChI=1S/C29H48N6O8Si2/c1-17(2)44(18(3)4)41-23(21(9)36)24-25(42-45(43-44,19(5)6)20(7)8)26(39-16-38-15-37-12-10-11-30)29(40-24)35-14-34-22-27(31)32-13-33-28(22)35/h13-14,17-20,23-26,29H,10,12,15-16H2,1-9H3,(H2,31,32,33)/t23?,24-,25-,26-,29-/m1/s1. The summed E-state index contributed by atoms with van der Waals surface area (Å²) in [6.07, 6.45) is -1.04. The molecule has 4 rings (SSSR count). The summed E-state index contributed by atoms with van der Waals surface area (Å²) in [6.45, 7) is 18.4. The molecule has 2 aliphatic rings. The van der Waals surface area contributed by atoms with Gasteiger partial charge < -0.3 is 37.6 Å². The Morgan fingerprint density at radius 1 is 0.978 bits per heavy atom. The number of ether oxygens (including phenoxy) is 4. The van der Waals surface area contributed by atoms with Crippen molar-refractivity contribution in [3.63, 3.8) is 0 Å². The fourth-order valence-corrected chi connectivity index (χ4v) is 17.6. The van der Waals surface area contributed by atoms with Gasteiger partial charge in [-0.2, -0.15) is 5.26 Å². The summed E-state index contributed by atoms with van der Waals surface area (Å²) in [5.74, 6) is 0.0330. The van der Waals surface area contributed by atoms with Crippen molar-refractivity contribution in [2.24, 2.45) is 0 Å². The Bertz CT molecular complexity index is 1340. The molecule has 0 amide bonds. The van der Waals surface area contributed by atoms with Gasteiger partial charge in [-0.3, -0.25) is 9.36 Å². The van der Waals surface area contributed by atoms with Crippen molar-refractivity contribution in [3.8, 4) is 6.07 Å². The number of carbonyl (C=O) groups excluding carboxylic acids is 1. The van der Waals surface area contributed by atoms with Crippen LogP contribution in [0.1, 0.15) is 75.0 Å². The molecular weight excluding hydrogens is 617 g/mol.